The second-order valence-corrected chi connectivity index (χ2v) is 6.63. The molecule has 0 unspecified atom stereocenters. The van der Waals surface area contributed by atoms with Crippen molar-refractivity contribution in [1.29, 1.82) is 0 Å². The first-order valence-corrected chi connectivity index (χ1v) is 8.13. The van der Waals surface area contributed by atoms with Gasteiger partial charge < -0.3 is 15.5 Å². The molecule has 0 atom stereocenters. The molecule has 0 aliphatic rings. The van der Waals surface area contributed by atoms with Crippen LogP contribution in [-0.2, 0) is 10.0 Å². The molecule has 0 radical (unpaired) electrons. The van der Waals surface area contributed by atoms with Crippen molar-refractivity contribution in [3.63, 3.8) is 0 Å². The number of sulfonamides is 1. The summed E-state index contributed by atoms with van der Waals surface area (Å²) >= 11 is 0. The highest BCUT2D eigenvalue weighted by Crippen LogP contribution is 2.20. The average molecular weight is 350 g/mol. The Morgan fingerprint density at radius 2 is 1.67 bits per heavy atom. The van der Waals surface area contributed by atoms with Crippen LogP contribution in [0.3, 0.4) is 0 Å². The van der Waals surface area contributed by atoms with Crippen molar-refractivity contribution in [2.24, 2.45) is 0 Å². The predicted molar refractivity (Wildman–Crippen MR) is 85.6 cm³/mol. The first-order chi connectivity index (χ1) is 11.2. The number of benzene rings is 2. The molecule has 0 heterocycles. The predicted octanol–water partition coefficient (Wildman–Crippen LogP) is 1.91. The number of urea groups is 1. The maximum Gasteiger partial charge on any atom is 0.335 e. The van der Waals surface area contributed by atoms with Gasteiger partial charge in [-0.15, -0.1) is 0 Å². The Kier molecular flexibility index (Phi) is 4.74. The molecule has 2 rings (SSSR count). The van der Waals surface area contributed by atoms with Gasteiger partial charge in [0.1, 0.15) is 5.75 Å². The van der Waals surface area contributed by atoms with Gasteiger partial charge in [-0.25, -0.2) is 22.7 Å². The van der Waals surface area contributed by atoms with Crippen LogP contribution in [0.1, 0.15) is 15.9 Å². The number of nitrogens with one attached hydrogen (secondary N) is 2. The lowest BCUT2D eigenvalue weighted by molar-refractivity contribution is 0.0696. The molecule has 2 aromatic carbocycles. The highest BCUT2D eigenvalue weighted by molar-refractivity contribution is 7.90. The molecule has 0 aliphatic carbocycles. The maximum atomic E-state index is 12.1. The van der Waals surface area contributed by atoms with Gasteiger partial charge in [0.15, 0.2) is 0 Å². The third kappa shape index (κ3) is 4.23. The molecule has 0 saturated carbocycles. The number of amides is 2. The maximum absolute atomic E-state index is 12.1. The number of carbonyl (C=O) groups excluding carboxylic acids is 1. The Morgan fingerprint density at radius 1 is 1.04 bits per heavy atom. The summed E-state index contributed by atoms with van der Waals surface area (Å²) < 4.78 is 25.9. The molecule has 0 aromatic heterocycles. The standard InChI is InChI=1S/C15H14N2O6S/c1-9-2-4-13(5-3-9)24(22,23)17-15(21)16-11-6-10(14(19)20)7-12(18)8-11/h2-8,18H,1H3,(H,19,20)(H2,16,17,21). The fourth-order valence-electron chi connectivity index (χ4n) is 1.86. The minimum absolute atomic E-state index is 0.0657. The van der Waals surface area contributed by atoms with Crippen LogP contribution in [0.15, 0.2) is 47.4 Å². The van der Waals surface area contributed by atoms with Gasteiger partial charge in [-0.3, -0.25) is 0 Å². The minimum atomic E-state index is -4.07. The van der Waals surface area contributed by atoms with Gasteiger partial charge in [0.05, 0.1) is 10.5 Å². The normalized spacial score (nSPS) is 10.9. The van der Waals surface area contributed by atoms with E-state index in [2.05, 4.69) is 5.32 Å². The summed E-state index contributed by atoms with van der Waals surface area (Å²) in [5.41, 5.74) is 0.537. The molecule has 2 amide bonds. The summed E-state index contributed by atoms with van der Waals surface area (Å²) in [5.74, 6) is -1.69. The molecule has 4 N–H and O–H groups in total. The molecule has 0 bridgehead atoms. The molecule has 2 aromatic rings. The lowest BCUT2D eigenvalue weighted by Gasteiger charge is -2.10. The van der Waals surface area contributed by atoms with Gasteiger partial charge in [-0.2, -0.15) is 0 Å². The van der Waals surface area contributed by atoms with Gasteiger partial charge in [0, 0.05) is 11.8 Å². The monoisotopic (exact) mass is 350 g/mol. The SMILES string of the molecule is Cc1ccc(S(=O)(=O)NC(=O)Nc2cc(O)cc(C(=O)O)c2)cc1. The number of phenols is 1. The van der Waals surface area contributed by atoms with E-state index in [1.54, 1.807) is 23.8 Å². The van der Waals surface area contributed by atoms with E-state index in [9.17, 15) is 23.1 Å². The number of carboxylic acid groups (broad SMARTS) is 1. The van der Waals surface area contributed by atoms with Crippen LogP contribution in [0.2, 0.25) is 0 Å². The Balaban J connectivity index is 2.16. The van der Waals surface area contributed by atoms with E-state index in [0.29, 0.717) is 0 Å². The Morgan fingerprint density at radius 3 is 2.25 bits per heavy atom. The summed E-state index contributed by atoms with van der Waals surface area (Å²) in [6, 6.07) is 7.95. The summed E-state index contributed by atoms with van der Waals surface area (Å²) in [7, 11) is -4.07. The van der Waals surface area contributed by atoms with Crippen LogP contribution < -0.4 is 10.0 Å². The first kappa shape index (κ1) is 17.3. The van der Waals surface area contributed by atoms with Crippen molar-refractivity contribution < 1.29 is 28.2 Å². The third-order valence-corrected chi connectivity index (χ3v) is 4.33. The number of anilines is 1. The molecular weight excluding hydrogens is 336 g/mol. The molecule has 0 fully saturated rings. The fourth-order valence-corrected chi connectivity index (χ4v) is 2.77. The zero-order valence-corrected chi connectivity index (χ0v) is 13.3. The summed E-state index contributed by atoms with van der Waals surface area (Å²) in [6.07, 6.45) is 0. The molecule has 0 spiro atoms. The van der Waals surface area contributed by atoms with Crippen molar-refractivity contribution in [1.82, 2.24) is 4.72 Å². The summed E-state index contributed by atoms with van der Waals surface area (Å²) in [4.78, 5) is 22.6. The Bertz CT molecular complexity index is 891. The highest BCUT2D eigenvalue weighted by Gasteiger charge is 2.18. The molecular formula is C15H14N2O6S. The van der Waals surface area contributed by atoms with Gasteiger partial charge in [0.2, 0.25) is 0 Å². The second-order valence-electron chi connectivity index (χ2n) is 4.95. The summed E-state index contributed by atoms with van der Waals surface area (Å²) in [6.45, 7) is 1.79. The average Bonchev–Trinajstić information content (AvgIpc) is 2.46. The quantitative estimate of drug-likeness (QED) is 0.666. The van der Waals surface area contributed by atoms with E-state index < -0.39 is 22.0 Å². The van der Waals surface area contributed by atoms with Crippen molar-refractivity contribution >= 4 is 27.7 Å². The molecule has 9 heteroatoms. The van der Waals surface area contributed by atoms with Crippen LogP contribution in [0.4, 0.5) is 10.5 Å². The van der Waals surface area contributed by atoms with E-state index >= 15 is 0 Å². The third-order valence-electron chi connectivity index (χ3n) is 2.98. The number of carbonyl (C=O) groups is 2. The second kappa shape index (κ2) is 6.59. The first-order valence-electron chi connectivity index (χ1n) is 6.65. The Labute approximate surface area is 137 Å². The number of aromatic hydroxyl groups is 1. The number of rotatable bonds is 4. The van der Waals surface area contributed by atoms with Gasteiger partial charge in [-0.05, 0) is 31.2 Å². The van der Waals surface area contributed by atoms with Crippen molar-refractivity contribution in [2.75, 3.05) is 5.32 Å². The molecule has 8 nitrogen and oxygen atoms in total. The molecule has 0 saturated heterocycles. The lowest BCUT2D eigenvalue weighted by Crippen LogP contribution is -2.34. The van der Waals surface area contributed by atoms with Crippen molar-refractivity contribution in [2.45, 2.75) is 11.8 Å². The van der Waals surface area contributed by atoms with Crippen LogP contribution in [0, 0.1) is 6.92 Å². The molecule has 0 aliphatic heterocycles. The van der Waals surface area contributed by atoms with E-state index in [1.807, 2.05) is 0 Å². The van der Waals surface area contributed by atoms with Crippen LogP contribution >= 0.6 is 0 Å². The number of hydrogen-bond acceptors (Lipinski definition) is 5. The number of aryl methyl sites for hydroxylation is 1. The van der Waals surface area contributed by atoms with Gasteiger partial charge in [0.25, 0.3) is 10.0 Å². The number of aromatic carboxylic acids is 1. The highest BCUT2D eigenvalue weighted by atomic mass is 32.2. The lowest BCUT2D eigenvalue weighted by atomic mass is 10.2. The van der Waals surface area contributed by atoms with Crippen LogP contribution in [0.25, 0.3) is 0 Å². The molecule has 24 heavy (non-hydrogen) atoms. The summed E-state index contributed by atoms with van der Waals surface area (Å²) in [5, 5.41) is 20.5. The number of carboxylic acids is 1. The smallest absolute Gasteiger partial charge is 0.335 e. The van der Waals surface area contributed by atoms with E-state index in [-0.39, 0.29) is 21.9 Å². The van der Waals surface area contributed by atoms with Crippen molar-refractivity contribution in [3.05, 3.63) is 53.6 Å². The zero-order valence-electron chi connectivity index (χ0n) is 12.5. The van der Waals surface area contributed by atoms with Crippen LogP contribution in [-0.4, -0.2) is 30.6 Å². The fraction of sp³-hybridized carbons (Fsp3) is 0.0667. The Hall–Kier alpha value is -3.07. The number of hydrogen-bond donors (Lipinski definition) is 4. The van der Waals surface area contributed by atoms with Gasteiger partial charge >= 0.3 is 12.0 Å². The van der Waals surface area contributed by atoms with Crippen molar-refractivity contribution in [3.8, 4) is 5.75 Å². The van der Waals surface area contributed by atoms with E-state index in [0.717, 1.165) is 23.8 Å². The van der Waals surface area contributed by atoms with Gasteiger partial charge in [-0.1, -0.05) is 17.7 Å². The largest absolute Gasteiger partial charge is 0.508 e. The zero-order chi connectivity index (χ0) is 17.9. The molecule has 126 valence electrons. The van der Waals surface area contributed by atoms with E-state index in [4.69, 9.17) is 5.11 Å². The van der Waals surface area contributed by atoms with Crippen LogP contribution in [0.5, 0.6) is 5.75 Å². The topological polar surface area (TPSA) is 133 Å². The minimum Gasteiger partial charge on any atom is -0.508 e. The van der Waals surface area contributed by atoms with E-state index in [1.165, 1.54) is 12.1 Å². The number of phenolic OH excluding ortho intramolecular Hbond substituents is 1.